The van der Waals surface area contributed by atoms with Crippen molar-refractivity contribution in [1.82, 2.24) is 4.98 Å². The minimum Gasteiger partial charge on any atom is -0.389 e. The molecule has 6 heteroatoms. The molecule has 1 aromatic heterocycles. The SMILES string of the molecule is Cc1cnc(Nc2ccc(Br)cc2C(N)=S)s1. The van der Waals surface area contributed by atoms with Crippen LogP contribution in [0.15, 0.2) is 28.9 Å². The highest BCUT2D eigenvalue weighted by Gasteiger charge is 2.07. The van der Waals surface area contributed by atoms with Crippen LogP contribution in [-0.4, -0.2) is 9.97 Å². The predicted molar refractivity (Wildman–Crippen MR) is 80.2 cm³/mol. The molecule has 0 spiro atoms. The molecule has 1 heterocycles. The fourth-order valence-corrected chi connectivity index (χ4v) is 2.56. The number of thiazole rings is 1. The number of benzene rings is 1. The van der Waals surface area contributed by atoms with E-state index < -0.39 is 0 Å². The Hall–Kier alpha value is -0.980. The summed E-state index contributed by atoms with van der Waals surface area (Å²) in [5.41, 5.74) is 7.37. The van der Waals surface area contributed by atoms with Crippen molar-refractivity contribution in [3.8, 4) is 0 Å². The van der Waals surface area contributed by atoms with Crippen LogP contribution in [0.25, 0.3) is 0 Å². The van der Waals surface area contributed by atoms with Crippen LogP contribution in [0.5, 0.6) is 0 Å². The summed E-state index contributed by atoms with van der Waals surface area (Å²) in [4.78, 5) is 5.76. The minimum atomic E-state index is 0.363. The van der Waals surface area contributed by atoms with Crippen molar-refractivity contribution < 1.29 is 0 Å². The molecule has 0 unspecified atom stereocenters. The zero-order valence-corrected chi connectivity index (χ0v) is 12.2. The van der Waals surface area contributed by atoms with Gasteiger partial charge in [-0.2, -0.15) is 0 Å². The second kappa shape index (κ2) is 5.12. The van der Waals surface area contributed by atoms with Crippen molar-refractivity contribution in [2.45, 2.75) is 6.92 Å². The van der Waals surface area contributed by atoms with Crippen LogP contribution in [0, 0.1) is 6.92 Å². The molecule has 17 heavy (non-hydrogen) atoms. The highest BCUT2D eigenvalue weighted by Crippen LogP contribution is 2.26. The van der Waals surface area contributed by atoms with Gasteiger partial charge in [0.05, 0.1) is 5.69 Å². The normalized spacial score (nSPS) is 10.2. The number of rotatable bonds is 3. The van der Waals surface area contributed by atoms with Gasteiger partial charge in [0.2, 0.25) is 0 Å². The van der Waals surface area contributed by atoms with Gasteiger partial charge >= 0.3 is 0 Å². The van der Waals surface area contributed by atoms with Crippen LogP contribution in [0.3, 0.4) is 0 Å². The maximum Gasteiger partial charge on any atom is 0.187 e. The number of nitrogens with one attached hydrogen (secondary N) is 1. The van der Waals surface area contributed by atoms with Crippen molar-refractivity contribution in [1.29, 1.82) is 0 Å². The van der Waals surface area contributed by atoms with Gasteiger partial charge < -0.3 is 11.1 Å². The summed E-state index contributed by atoms with van der Waals surface area (Å²) in [6.07, 6.45) is 1.83. The molecule has 0 radical (unpaired) electrons. The second-order valence-electron chi connectivity index (χ2n) is 3.46. The number of aryl methyl sites for hydroxylation is 1. The summed E-state index contributed by atoms with van der Waals surface area (Å²) in [7, 11) is 0. The summed E-state index contributed by atoms with van der Waals surface area (Å²) in [6, 6.07) is 5.75. The highest BCUT2D eigenvalue weighted by atomic mass is 79.9. The second-order valence-corrected chi connectivity index (χ2v) is 6.05. The zero-order valence-electron chi connectivity index (χ0n) is 9.03. The maximum atomic E-state index is 5.70. The number of hydrogen-bond donors (Lipinski definition) is 2. The van der Waals surface area contributed by atoms with E-state index in [0.717, 1.165) is 25.7 Å². The van der Waals surface area contributed by atoms with Gasteiger partial charge in [0, 0.05) is 21.1 Å². The first kappa shape index (κ1) is 12.5. The number of aromatic nitrogens is 1. The smallest absolute Gasteiger partial charge is 0.187 e. The Kier molecular flexibility index (Phi) is 3.76. The Morgan fingerprint density at radius 2 is 2.29 bits per heavy atom. The lowest BCUT2D eigenvalue weighted by Gasteiger charge is -2.09. The molecule has 1 aromatic carbocycles. The average Bonchev–Trinajstić information content (AvgIpc) is 2.66. The molecule has 0 fully saturated rings. The number of anilines is 2. The van der Waals surface area contributed by atoms with Gasteiger partial charge in [-0.15, -0.1) is 11.3 Å². The number of nitrogens with two attached hydrogens (primary N) is 1. The fourth-order valence-electron chi connectivity index (χ4n) is 1.36. The molecule has 0 aliphatic carbocycles. The third kappa shape index (κ3) is 3.02. The number of thiocarbonyl (C=S) groups is 1. The van der Waals surface area contributed by atoms with E-state index in [1.54, 1.807) is 11.3 Å². The molecule has 0 saturated carbocycles. The maximum absolute atomic E-state index is 5.70. The lowest BCUT2D eigenvalue weighted by molar-refractivity contribution is 1.36. The Morgan fingerprint density at radius 1 is 1.53 bits per heavy atom. The molecular weight excluding hydrogens is 318 g/mol. The first-order valence-electron chi connectivity index (χ1n) is 4.85. The van der Waals surface area contributed by atoms with Crippen LogP contribution in [0.2, 0.25) is 0 Å². The monoisotopic (exact) mass is 327 g/mol. The van der Waals surface area contributed by atoms with Crippen LogP contribution < -0.4 is 11.1 Å². The van der Waals surface area contributed by atoms with Crippen molar-refractivity contribution in [2.24, 2.45) is 5.73 Å². The quantitative estimate of drug-likeness (QED) is 0.846. The van der Waals surface area contributed by atoms with E-state index in [2.05, 4.69) is 26.2 Å². The van der Waals surface area contributed by atoms with Gasteiger partial charge in [0.1, 0.15) is 4.99 Å². The van der Waals surface area contributed by atoms with E-state index in [1.807, 2.05) is 31.3 Å². The summed E-state index contributed by atoms with van der Waals surface area (Å²) >= 11 is 10.0. The summed E-state index contributed by atoms with van der Waals surface area (Å²) in [5, 5.41) is 4.06. The Labute approximate surface area is 117 Å². The van der Waals surface area contributed by atoms with Crippen molar-refractivity contribution in [2.75, 3.05) is 5.32 Å². The van der Waals surface area contributed by atoms with Crippen molar-refractivity contribution in [3.05, 3.63) is 39.3 Å². The molecule has 88 valence electrons. The number of nitrogens with zero attached hydrogens (tertiary/aromatic N) is 1. The molecule has 2 aromatic rings. The molecule has 0 bridgehead atoms. The third-order valence-corrected chi connectivity index (χ3v) is 3.65. The molecule has 0 saturated heterocycles. The fraction of sp³-hybridized carbons (Fsp3) is 0.0909. The van der Waals surface area contributed by atoms with Crippen LogP contribution in [-0.2, 0) is 0 Å². The van der Waals surface area contributed by atoms with E-state index in [4.69, 9.17) is 18.0 Å². The molecule has 3 nitrogen and oxygen atoms in total. The van der Waals surface area contributed by atoms with E-state index in [0.29, 0.717) is 4.99 Å². The van der Waals surface area contributed by atoms with Crippen molar-refractivity contribution in [3.63, 3.8) is 0 Å². The van der Waals surface area contributed by atoms with E-state index in [1.165, 1.54) is 0 Å². The number of hydrogen-bond acceptors (Lipinski definition) is 4. The van der Waals surface area contributed by atoms with E-state index in [9.17, 15) is 0 Å². The molecule has 0 amide bonds. The number of halogens is 1. The van der Waals surface area contributed by atoms with Gasteiger partial charge in [-0.25, -0.2) is 4.98 Å². The van der Waals surface area contributed by atoms with E-state index >= 15 is 0 Å². The third-order valence-electron chi connectivity index (χ3n) is 2.11. The van der Waals surface area contributed by atoms with Gasteiger partial charge in [-0.3, -0.25) is 0 Å². The first-order valence-corrected chi connectivity index (χ1v) is 6.87. The largest absolute Gasteiger partial charge is 0.389 e. The van der Waals surface area contributed by atoms with Crippen LogP contribution in [0.1, 0.15) is 10.4 Å². The van der Waals surface area contributed by atoms with Crippen LogP contribution >= 0.6 is 39.5 Å². The molecular formula is C11H10BrN3S2. The standard InChI is InChI=1S/C11H10BrN3S2/c1-6-5-14-11(17-6)15-9-3-2-7(12)4-8(9)10(13)16/h2-5H,1H3,(H2,13,16)(H,14,15). The summed E-state index contributed by atoms with van der Waals surface area (Å²) in [5.74, 6) is 0. The molecule has 0 atom stereocenters. The Morgan fingerprint density at radius 3 is 2.88 bits per heavy atom. The van der Waals surface area contributed by atoms with Crippen molar-refractivity contribution >= 4 is 55.3 Å². The Bertz CT molecular complexity index is 566. The first-order chi connectivity index (χ1) is 8.06. The van der Waals surface area contributed by atoms with Gasteiger partial charge in [0.25, 0.3) is 0 Å². The molecule has 2 rings (SSSR count). The summed E-state index contributed by atoms with van der Waals surface area (Å²) < 4.78 is 0.946. The minimum absolute atomic E-state index is 0.363. The summed E-state index contributed by atoms with van der Waals surface area (Å²) in [6.45, 7) is 2.01. The lowest BCUT2D eigenvalue weighted by atomic mass is 10.2. The molecule has 3 N–H and O–H groups in total. The van der Waals surface area contributed by atoms with Gasteiger partial charge in [-0.05, 0) is 25.1 Å². The predicted octanol–water partition coefficient (Wildman–Crippen LogP) is 3.59. The zero-order chi connectivity index (χ0) is 12.4. The highest BCUT2D eigenvalue weighted by molar-refractivity contribution is 9.10. The topological polar surface area (TPSA) is 50.9 Å². The molecule has 0 aliphatic rings. The van der Waals surface area contributed by atoms with Gasteiger partial charge in [0.15, 0.2) is 5.13 Å². The van der Waals surface area contributed by atoms with Gasteiger partial charge in [-0.1, -0.05) is 28.1 Å². The van der Waals surface area contributed by atoms with E-state index in [-0.39, 0.29) is 0 Å². The average molecular weight is 328 g/mol. The molecule has 0 aliphatic heterocycles. The Balaban J connectivity index is 2.35. The lowest BCUT2D eigenvalue weighted by Crippen LogP contribution is -2.11. The van der Waals surface area contributed by atoms with Crippen LogP contribution in [0.4, 0.5) is 10.8 Å².